The smallest absolute Gasteiger partial charge is 0.160 e. The van der Waals surface area contributed by atoms with Gasteiger partial charge in [-0.25, -0.2) is 9.97 Å². The molecule has 106 valence electrons. The summed E-state index contributed by atoms with van der Waals surface area (Å²) >= 11 is 2.04. The molecule has 2 saturated heterocycles. The number of rotatable bonds is 2. The van der Waals surface area contributed by atoms with E-state index in [-0.39, 0.29) is 6.10 Å². The van der Waals surface area contributed by atoms with Gasteiger partial charge in [0.25, 0.3) is 0 Å². The molecule has 0 N–H and O–H groups in total. The van der Waals surface area contributed by atoms with Gasteiger partial charge in [0.2, 0.25) is 0 Å². The Morgan fingerprint density at radius 2 is 2.30 bits per heavy atom. The summed E-state index contributed by atoms with van der Waals surface area (Å²) in [6.07, 6.45) is 6.78. The highest BCUT2D eigenvalue weighted by Gasteiger charge is 2.29. The summed E-state index contributed by atoms with van der Waals surface area (Å²) < 4.78 is 8.25. The van der Waals surface area contributed by atoms with Gasteiger partial charge in [-0.2, -0.15) is 11.8 Å². The molecule has 0 bridgehead atoms. The Balaban J connectivity index is 1.83. The normalized spacial score (nSPS) is 27.2. The molecule has 2 aliphatic heterocycles. The van der Waals surface area contributed by atoms with Gasteiger partial charge in [-0.05, 0) is 43.6 Å². The minimum atomic E-state index is 0.163. The molecule has 0 spiro atoms. The zero-order valence-corrected chi connectivity index (χ0v) is 12.3. The molecule has 2 aliphatic rings. The van der Waals surface area contributed by atoms with Crippen molar-refractivity contribution in [3.05, 3.63) is 24.2 Å². The van der Waals surface area contributed by atoms with Crippen LogP contribution in [0, 0.1) is 0 Å². The Morgan fingerprint density at radius 3 is 3.10 bits per heavy atom. The third kappa shape index (κ3) is 2.13. The molecule has 2 fully saturated rings. The van der Waals surface area contributed by atoms with E-state index in [2.05, 4.69) is 15.6 Å². The van der Waals surface area contributed by atoms with Crippen molar-refractivity contribution >= 4 is 22.9 Å². The van der Waals surface area contributed by atoms with Crippen molar-refractivity contribution in [2.75, 3.05) is 18.1 Å². The first-order valence-electron chi connectivity index (χ1n) is 7.45. The highest BCUT2D eigenvalue weighted by atomic mass is 32.2. The molecule has 2 unspecified atom stereocenters. The third-order valence-electron chi connectivity index (χ3n) is 4.20. The maximum atomic E-state index is 5.88. The van der Waals surface area contributed by atoms with E-state index in [0.717, 1.165) is 36.4 Å². The Morgan fingerprint density at radius 1 is 1.30 bits per heavy atom. The lowest BCUT2D eigenvalue weighted by molar-refractivity contribution is 0.101. The number of hydrogen-bond acceptors (Lipinski definition) is 4. The van der Waals surface area contributed by atoms with E-state index in [4.69, 9.17) is 9.72 Å². The van der Waals surface area contributed by atoms with Gasteiger partial charge in [-0.15, -0.1) is 0 Å². The predicted octanol–water partition coefficient (Wildman–Crippen LogP) is 3.35. The van der Waals surface area contributed by atoms with Crippen LogP contribution in [-0.4, -0.2) is 32.6 Å². The van der Waals surface area contributed by atoms with Crippen molar-refractivity contribution in [3.63, 3.8) is 0 Å². The maximum Gasteiger partial charge on any atom is 0.160 e. The van der Waals surface area contributed by atoms with E-state index in [1.807, 2.05) is 24.0 Å². The summed E-state index contributed by atoms with van der Waals surface area (Å²) in [6, 6.07) is 4.55. The lowest BCUT2D eigenvalue weighted by Crippen LogP contribution is -2.20. The van der Waals surface area contributed by atoms with E-state index < -0.39 is 0 Å². The number of imidazole rings is 1. The minimum absolute atomic E-state index is 0.163. The minimum Gasteiger partial charge on any atom is -0.370 e. The first-order chi connectivity index (χ1) is 9.93. The van der Waals surface area contributed by atoms with Crippen LogP contribution in [0.4, 0.5) is 0 Å². The van der Waals surface area contributed by atoms with Crippen molar-refractivity contribution in [1.29, 1.82) is 0 Å². The van der Waals surface area contributed by atoms with Gasteiger partial charge >= 0.3 is 0 Å². The second-order valence-corrected chi connectivity index (χ2v) is 6.71. The topological polar surface area (TPSA) is 39.9 Å². The van der Waals surface area contributed by atoms with Gasteiger partial charge in [0.15, 0.2) is 5.65 Å². The number of nitrogens with zero attached hydrogens (tertiary/aromatic N) is 3. The molecule has 4 nitrogen and oxygen atoms in total. The Labute approximate surface area is 122 Å². The number of thioether (sulfide) groups is 1. The van der Waals surface area contributed by atoms with Crippen molar-refractivity contribution in [1.82, 2.24) is 14.5 Å². The Hall–Kier alpha value is -1.07. The molecular formula is C15H19N3OS. The summed E-state index contributed by atoms with van der Waals surface area (Å²) in [5.74, 6) is 3.55. The van der Waals surface area contributed by atoms with Crippen LogP contribution in [0.1, 0.15) is 43.7 Å². The molecular weight excluding hydrogens is 270 g/mol. The molecule has 0 aliphatic carbocycles. The monoisotopic (exact) mass is 289 g/mol. The number of ether oxygens (including phenoxy) is 1. The average Bonchev–Trinajstić information content (AvgIpc) is 3.15. The third-order valence-corrected chi connectivity index (χ3v) is 5.39. The molecule has 0 aromatic carbocycles. The fourth-order valence-corrected chi connectivity index (χ4v) is 4.37. The fraction of sp³-hybridized carbons (Fsp3) is 0.600. The fourth-order valence-electron chi connectivity index (χ4n) is 3.24. The van der Waals surface area contributed by atoms with Gasteiger partial charge in [-0.1, -0.05) is 0 Å². The number of aromatic nitrogens is 3. The molecule has 0 radical (unpaired) electrons. The number of fused-ring (bicyclic) bond motifs is 1. The molecule has 5 heteroatoms. The summed E-state index contributed by atoms with van der Waals surface area (Å²) in [6.45, 7) is 0.862. The first-order valence-corrected chi connectivity index (χ1v) is 8.61. The molecule has 2 aromatic rings. The maximum absolute atomic E-state index is 5.88. The van der Waals surface area contributed by atoms with Gasteiger partial charge < -0.3 is 9.30 Å². The predicted molar refractivity (Wildman–Crippen MR) is 81.1 cm³/mol. The van der Waals surface area contributed by atoms with E-state index in [0.29, 0.717) is 6.04 Å². The molecule has 4 heterocycles. The van der Waals surface area contributed by atoms with Crippen molar-refractivity contribution in [2.45, 2.75) is 37.8 Å². The van der Waals surface area contributed by atoms with Crippen LogP contribution in [-0.2, 0) is 4.74 Å². The molecule has 0 saturated carbocycles. The SMILES string of the molecule is c1cnc2c(c1)nc(C1CCCO1)n2C1CCCSC1. The number of hydrogen-bond donors (Lipinski definition) is 0. The van der Waals surface area contributed by atoms with Crippen LogP contribution in [0.15, 0.2) is 18.3 Å². The van der Waals surface area contributed by atoms with Crippen LogP contribution < -0.4 is 0 Å². The molecule has 2 atom stereocenters. The second-order valence-electron chi connectivity index (χ2n) is 5.56. The van der Waals surface area contributed by atoms with Gasteiger partial charge in [0.05, 0.1) is 0 Å². The Bertz CT molecular complexity index is 600. The quantitative estimate of drug-likeness (QED) is 0.850. The van der Waals surface area contributed by atoms with Crippen molar-refractivity contribution < 1.29 is 4.74 Å². The van der Waals surface area contributed by atoms with Gasteiger partial charge in [0.1, 0.15) is 17.4 Å². The van der Waals surface area contributed by atoms with E-state index in [1.165, 1.54) is 24.3 Å². The van der Waals surface area contributed by atoms with Crippen LogP contribution >= 0.6 is 11.8 Å². The van der Waals surface area contributed by atoms with Gasteiger partial charge in [-0.3, -0.25) is 0 Å². The highest BCUT2D eigenvalue weighted by molar-refractivity contribution is 7.99. The van der Waals surface area contributed by atoms with Crippen molar-refractivity contribution in [2.24, 2.45) is 0 Å². The number of pyridine rings is 1. The largest absolute Gasteiger partial charge is 0.370 e. The summed E-state index contributed by atoms with van der Waals surface area (Å²) in [5.41, 5.74) is 2.04. The lowest BCUT2D eigenvalue weighted by Gasteiger charge is -2.26. The standard InChI is InChI=1S/C15H19N3OS/c1-5-12-14(16-7-1)18(11-4-3-9-20-10-11)15(17-12)13-6-2-8-19-13/h1,5,7,11,13H,2-4,6,8-10H2. The average molecular weight is 289 g/mol. The zero-order valence-electron chi connectivity index (χ0n) is 11.5. The molecule has 20 heavy (non-hydrogen) atoms. The second kappa shape index (κ2) is 5.37. The lowest BCUT2D eigenvalue weighted by atomic mass is 10.1. The van der Waals surface area contributed by atoms with Crippen LogP contribution in [0.25, 0.3) is 11.2 Å². The first kappa shape index (κ1) is 12.7. The summed E-state index contributed by atoms with van der Waals surface area (Å²) in [5, 5.41) is 0. The molecule has 0 amide bonds. The van der Waals surface area contributed by atoms with Crippen LogP contribution in [0.5, 0.6) is 0 Å². The van der Waals surface area contributed by atoms with Crippen molar-refractivity contribution in [3.8, 4) is 0 Å². The van der Waals surface area contributed by atoms with E-state index in [9.17, 15) is 0 Å². The molecule has 4 rings (SSSR count). The summed E-state index contributed by atoms with van der Waals surface area (Å²) in [4.78, 5) is 9.42. The van der Waals surface area contributed by atoms with E-state index >= 15 is 0 Å². The molecule has 2 aromatic heterocycles. The van der Waals surface area contributed by atoms with E-state index in [1.54, 1.807) is 0 Å². The van der Waals surface area contributed by atoms with Gasteiger partial charge in [0, 0.05) is 24.6 Å². The zero-order chi connectivity index (χ0) is 13.4. The van der Waals surface area contributed by atoms with Crippen LogP contribution in [0.2, 0.25) is 0 Å². The summed E-state index contributed by atoms with van der Waals surface area (Å²) in [7, 11) is 0. The Kier molecular flexibility index (Phi) is 3.40. The highest BCUT2D eigenvalue weighted by Crippen LogP contribution is 2.36. The van der Waals surface area contributed by atoms with Crippen LogP contribution in [0.3, 0.4) is 0 Å².